The molecule has 118 valence electrons. The van der Waals surface area contributed by atoms with Gasteiger partial charge in [-0.3, -0.25) is 9.59 Å². The minimum Gasteiger partial charge on any atom is -0.465 e. The summed E-state index contributed by atoms with van der Waals surface area (Å²) in [5.74, 6) is -0.333. The zero-order valence-corrected chi connectivity index (χ0v) is 13.4. The first kappa shape index (κ1) is 19.1. The second-order valence-electron chi connectivity index (χ2n) is 5.51. The van der Waals surface area contributed by atoms with Crippen LogP contribution in [-0.2, 0) is 14.3 Å². The summed E-state index contributed by atoms with van der Waals surface area (Å²) in [6.45, 7) is 4.71. The van der Waals surface area contributed by atoms with Gasteiger partial charge < -0.3 is 4.74 Å². The van der Waals surface area contributed by atoms with Crippen molar-refractivity contribution < 1.29 is 14.3 Å². The van der Waals surface area contributed by atoms with Crippen molar-refractivity contribution in [3.8, 4) is 0 Å². The summed E-state index contributed by atoms with van der Waals surface area (Å²) in [7, 11) is 0. The lowest BCUT2D eigenvalue weighted by Gasteiger charge is -2.04. The average Bonchev–Trinajstić information content (AvgIpc) is 2.42. The van der Waals surface area contributed by atoms with E-state index in [1.165, 1.54) is 38.5 Å². The molecule has 0 atom stereocenters. The van der Waals surface area contributed by atoms with Crippen molar-refractivity contribution >= 4 is 11.8 Å². The predicted molar refractivity (Wildman–Crippen MR) is 82.7 cm³/mol. The lowest BCUT2D eigenvalue weighted by Crippen LogP contribution is -2.11. The van der Waals surface area contributed by atoms with Crippen LogP contribution in [0.2, 0.25) is 0 Å². The number of unbranched alkanes of at least 4 members (excludes halogenated alkanes) is 8. The molecular weight excluding hydrogens is 252 g/mol. The number of hydrogen-bond donors (Lipinski definition) is 0. The molecule has 0 unspecified atom stereocenters. The van der Waals surface area contributed by atoms with Crippen molar-refractivity contribution in [1.29, 1.82) is 0 Å². The van der Waals surface area contributed by atoms with Crippen molar-refractivity contribution in [1.82, 2.24) is 0 Å². The van der Waals surface area contributed by atoms with Gasteiger partial charge in [-0.05, 0) is 12.8 Å². The highest BCUT2D eigenvalue weighted by molar-refractivity contribution is 5.95. The highest BCUT2D eigenvalue weighted by Crippen LogP contribution is 2.10. The fourth-order valence-electron chi connectivity index (χ4n) is 2.09. The van der Waals surface area contributed by atoms with Crippen LogP contribution in [0.15, 0.2) is 0 Å². The Labute approximate surface area is 124 Å². The number of ether oxygens (including phenoxy) is 1. The summed E-state index contributed by atoms with van der Waals surface area (Å²) in [6, 6.07) is 0. The van der Waals surface area contributed by atoms with Gasteiger partial charge in [-0.1, -0.05) is 65.2 Å². The number of Topliss-reactive ketones (excluding diaryl/α,β-unsaturated/α-hetero) is 1. The fraction of sp³-hybridized carbons (Fsp3) is 0.882. The largest absolute Gasteiger partial charge is 0.465 e. The van der Waals surface area contributed by atoms with Crippen LogP contribution in [-0.4, -0.2) is 18.4 Å². The van der Waals surface area contributed by atoms with Gasteiger partial charge >= 0.3 is 5.97 Å². The topological polar surface area (TPSA) is 43.4 Å². The van der Waals surface area contributed by atoms with Crippen molar-refractivity contribution in [3.05, 3.63) is 0 Å². The van der Waals surface area contributed by atoms with Crippen molar-refractivity contribution in [2.75, 3.05) is 6.61 Å². The molecule has 20 heavy (non-hydrogen) atoms. The quantitative estimate of drug-likeness (QED) is 0.261. The van der Waals surface area contributed by atoms with Crippen molar-refractivity contribution in [2.24, 2.45) is 0 Å². The van der Waals surface area contributed by atoms with E-state index in [-0.39, 0.29) is 18.2 Å². The summed E-state index contributed by atoms with van der Waals surface area (Å²) in [4.78, 5) is 22.9. The van der Waals surface area contributed by atoms with Crippen LogP contribution in [0.5, 0.6) is 0 Å². The number of rotatable bonds is 14. The van der Waals surface area contributed by atoms with E-state index >= 15 is 0 Å². The summed E-state index contributed by atoms with van der Waals surface area (Å²) in [6.07, 6.45) is 12.1. The van der Waals surface area contributed by atoms with E-state index < -0.39 is 0 Å². The molecule has 0 spiro atoms. The standard InChI is InChI=1S/C17H32O3/c1-3-5-7-8-9-10-11-12-13-16(18)15-17(19)20-14-6-4-2/h3-15H2,1-2H3. The van der Waals surface area contributed by atoms with Gasteiger partial charge in [-0.2, -0.15) is 0 Å². The first-order valence-electron chi connectivity index (χ1n) is 8.38. The molecule has 0 aliphatic rings. The van der Waals surface area contributed by atoms with Gasteiger partial charge in [0.05, 0.1) is 6.61 Å². The number of carbonyl (C=O) groups is 2. The van der Waals surface area contributed by atoms with E-state index in [0.717, 1.165) is 25.7 Å². The maximum Gasteiger partial charge on any atom is 0.313 e. The van der Waals surface area contributed by atoms with E-state index in [4.69, 9.17) is 4.74 Å². The summed E-state index contributed by atoms with van der Waals surface area (Å²) >= 11 is 0. The number of esters is 1. The monoisotopic (exact) mass is 284 g/mol. The van der Waals surface area contributed by atoms with Gasteiger partial charge in [0.1, 0.15) is 12.2 Å². The second-order valence-corrected chi connectivity index (χ2v) is 5.51. The van der Waals surface area contributed by atoms with Gasteiger partial charge in [-0.25, -0.2) is 0 Å². The predicted octanol–water partition coefficient (Wildman–Crippen LogP) is 4.82. The maximum absolute atomic E-state index is 11.6. The van der Waals surface area contributed by atoms with Crippen LogP contribution in [0.3, 0.4) is 0 Å². The molecule has 0 aromatic rings. The molecule has 0 fully saturated rings. The molecule has 0 N–H and O–H groups in total. The van der Waals surface area contributed by atoms with Crippen LogP contribution in [0.1, 0.15) is 90.9 Å². The molecule has 0 aromatic carbocycles. The Bertz CT molecular complexity index is 249. The van der Waals surface area contributed by atoms with Gasteiger partial charge in [0.2, 0.25) is 0 Å². The summed E-state index contributed by atoms with van der Waals surface area (Å²) in [5.41, 5.74) is 0. The minimum atomic E-state index is -0.358. The van der Waals surface area contributed by atoms with E-state index in [1.807, 2.05) is 6.92 Å². The molecule has 0 rings (SSSR count). The molecular formula is C17H32O3. The Morgan fingerprint density at radius 3 is 1.90 bits per heavy atom. The van der Waals surface area contributed by atoms with E-state index in [9.17, 15) is 9.59 Å². The van der Waals surface area contributed by atoms with Crippen LogP contribution < -0.4 is 0 Å². The molecule has 0 saturated carbocycles. The Kier molecular flexibility index (Phi) is 13.9. The van der Waals surface area contributed by atoms with Crippen molar-refractivity contribution in [3.63, 3.8) is 0 Å². The van der Waals surface area contributed by atoms with Gasteiger partial charge in [0.15, 0.2) is 0 Å². The average molecular weight is 284 g/mol. The number of carbonyl (C=O) groups excluding carboxylic acids is 2. The normalized spacial score (nSPS) is 10.5. The van der Waals surface area contributed by atoms with E-state index in [0.29, 0.717) is 13.0 Å². The Balaban J connectivity index is 3.33. The first-order chi connectivity index (χ1) is 9.70. The van der Waals surface area contributed by atoms with Gasteiger partial charge in [-0.15, -0.1) is 0 Å². The SMILES string of the molecule is CCCCCCCCCCC(=O)CC(=O)OCCCC. The second kappa shape index (κ2) is 14.5. The van der Waals surface area contributed by atoms with Crippen molar-refractivity contribution in [2.45, 2.75) is 90.9 Å². The van der Waals surface area contributed by atoms with Crippen LogP contribution in [0, 0.1) is 0 Å². The lowest BCUT2D eigenvalue weighted by atomic mass is 10.1. The summed E-state index contributed by atoms with van der Waals surface area (Å²) in [5, 5.41) is 0. The molecule has 0 aliphatic heterocycles. The molecule has 0 amide bonds. The van der Waals surface area contributed by atoms with Crippen LogP contribution >= 0.6 is 0 Å². The van der Waals surface area contributed by atoms with Crippen LogP contribution in [0.4, 0.5) is 0 Å². The minimum absolute atomic E-state index is 0.0254. The molecule has 0 aliphatic carbocycles. The molecule has 0 aromatic heterocycles. The zero-order valence-electron chi connectivity index (χ0n) is 13.4. The highest BCUT2D eigenvalue weighted by Gasteiger charge is 2.10. The Hall–Kier alpha value is -0.860. The zero-order chi connectivity index (χ0) is 15.1. The lowest BCUT2D eigenvalue weighted by molar-refractivity contribution is -0.146. The molecule has 0 heterocycles. The number of ketones is 1. The third-order valence-electron chi connectivity index (χ3n) is 3.41. The van der Waals surface area contributed by atoms with E-state index in [1.54, 1.807) is 0 Å². The Morgan fingerprint density at radius 1 is 0.750 bits per heavy atom. The third kappa shape index (κ3) is 13.6. The molecule has 3 nitrogen and oxygen atoms in total. The molecule has 3 heteroatoms. The smallest absolute Gasteiger partial charge is 0.313 e. The molecule has 0 radical (unpaired) electrons. The maximum atomic E-state index is 11.6. The number of hydrogen-bond acceptors (Lipinski definition) is 3. The first-order valence-corrected chi connectivity index (χ1v) is 8.38. The highest BCUT2D eigenvalue weighted by atomic mass is 16.5. The fourth-order valence-corrected chi connectivity index (χ4v) is 2.09. The van der Waals surface area contributed by atoms with Gasteiger partial charge in [0, 0.05) is 6.42 Å². The summed E-state index contributed by atoms with van der Waals surface area (Å²) < 4.78 is 4.98. The molecule has 0 bridgehead atoms. The van der Waals surface area contributed by atoms with E-state index in [2.05, 4.69) is 6.92 Å². The Morgan fingerprint density at radius 2 is 1.30 bits per heavy atom. The third-order valence-corrected chi connectivity index (χ3v) is 3.41. The van der Waals surface area contributed by atoms with Crippen LogP contribution in [0.25, 0.3) is 0 Å². The molecule has 0 saturated heterocycles. The van der Waals surface area contributed by atoms with Gasteiger partial charge in [0.25, 0.3) is 0 Å².